The number of nitrogens with one attached hydrogen (secondary N) is 1. The predicted octanol–water partition coefficient (Wildman–Crippen LogP) is 1.27. The Morgan fingerprint density at radius 2 is 1.79 bits per heavy atom. The summed E-state index contributed by atoms with van der Waals surface area (Å²) in [6, 6.07) is 0.521. The maximum Gasteiger partial charge on any atom is 0.0630 e. The van der Waals surface area contributed by atoms with Crippen molar-refractivity contribution < 1.29 is 4.74 Å². The zero-order chi connectivity index (χ0) is 14.1. The standard InChI is InChI=1S/C15H33N3O/c1-5-6-17-7-9-18(10-8-17)15(13-19-4)12-16-11-14(2)3/h14-16H,5-13H2,1-4H3. The van der Waals surface area contributed by atoms with E-state index in [1.165, 1.54) is 39.1 Å². The molecule has 1 unspecified atom stereocenters. The number of ether oxygens (including phenoxy) is 1. The van der Waals surface area contributed by atoms with Gasteiger partial charge in [-0.25, -0.2) is 0 Å². The van der Waals surface area contributed by atoms with Crippen LogP contribution in [-0.4, -0.2) is 75.4 Å². The largest absolute Gasteiger partial charge is 0.383 e. The van der Waals surface area contributed by atoms with Gasteiger partial charge >= 0.3 is 0 Å². The summed E-state index contributed by atoms with van der Waals surface area (Å²) < 4.78 is 5.39. The van der Waals surface area contributed by atoms with Crippen molar-refractivity contribution in [2.24, 2.45) is 5.92 Å². The minimum Gasteiger partial charge on any atom is -0.383 e. The molecular weight excluding hydrogens is 238 g/mol. The predicted molar refractivity (Wildman–Crippen MR) is 81.7 cm³/mol. The molecule has 0 aromatic heterocycles. The lowest BCUT2D eigenvalue weighted by molar-refractivity contribution is 0.0493. The van der Waals surface area contributed by atoms with Gasteiger partial charge in [-0.2, -0.15) is 0 Å². The number of hydrogen-bond acceptors (Lipinski definition) is 4. The number of rotatable bonds is 9. The summed E-state index contributed by atoms with van der Waals surface area (Å²) in [6.07, 6.45) is 1.26. The van der Waals surface area contributed by atoms with Crippen LogP contribution in [0, 0.1) is 5.92 Å². The van der Waals surface area contributed by atoms with Crippen LogP contribution in [0.1, 0.15) is 27.2 Å². The van der Waals surface area contributed by atoms with E-state index >= 15 is 0 Å². The maximum atomic E-state index is 5.39. The minimum absolute atomic E-state index is 0.521. The zero-order valence-electron chi connectivity index (χ0n) is 13.3. The fourth-order valence-corrected chi connectivity index (χ4v) is 2.69. The first kappa shape index (κ1) is 16.9. The summed E-state index contributed by atoms with van der Waals surface area (Å²) in [5.41, 5.74) is 0. The van der Waals surface area contributed by atoms with Gasteiger partial charge in [0.15, 0.2) is 0 Å². The topological polar surface area (TPSA) is 27.7 Å². The molecule has 0 aromatic rings. The van der Waals surface area contributed by atoms with Crippen LogP contribution in [0.4, 0.5) is 0 Å². The van der Waals surface area contributed by atoms with E-state index in [1.807, 2.05) is 7.11 Å². The van der Waals surface area contributed by atoms with Gasteiger partial charge in [-0.15, -0.1) is 0 Å². The molecule has 19 heavy (non-hydrogen) atoms. The van der Waals surface area contributed by atoms with Crippen molar-refractivity contribution in [1.82, 2.24) is 15.1 Å². The number of methoxy groups -OCH3 is 1. The average molecular weight is 271 g/mol. The molecule has 4 heteroatoms. The third kappa shape index (κ3) is 6.70. The van der Waals surface area contributed by atoms with E-state index in [2.05, 4.69) is 35.9 Å². The molecule has 1 N–H and O–H groups in total. The third-order valence-corrected chi connectivity index (χ3v) is 3.75. The number of hydrogen-bond donors (Lipinski definition) is 1. The van der Waals surface area contributed by atoms with Crippen LogP contribution in [0.15, 0.2) is 0 Å². The highest BCUT2D eigenvalue weighted by Crippen LogP contribution is 2.07. The van der Waals surface area contributed by atoms with Gasteiger partial charge in [-0.05, 0) is 25.4 Å². The van der Waals surface area contributed by atoms with Crippen LogP contribution in [0.25, 0.3) is 0 Å². The van der Waals surface area contributed by atoms with Crippen LogP contribution in [0.3, 0.4) is 0 Å². The van der Waals surface area contributed by atoms with Crippen molar-refractivity contribution in [3.8, 4) is 0 Å². The van der Waals surface area contributed by atoms with E-state index in [1.54, 1.807) is 0 Å². The van der Waals surface area contributed by atoms with Crippen molar-refractivity contribution in [1.29, 1.82) is 0 Å². The molecule has 0 bridgehead atoms. The van der Waals surface area contributed by atoms with Gasteiger partial charge in [-0.3, -0.25) is 4.90 Å². The first-order valence-corrected chi connectivity index (χ1v) is 7.83. The Morgan fingerprint density at radius 1 is 1.11 bits per heavy atom. The molecular formula is C15H33N3O. The molecule has 1 aliphatic rings. The molecule has 1 fully saturated rings. The van der Waals surface area contributed by atoms with Crippen molar-refractivity contribution in [3.05, 3.63) is 0 Å². The smallest absolute Gasteiger partial charge is 0.0630 e. The summed E-state index contributed by atoms with van der Waals surface area (Å²) in [5, 5.41) is 3.57. The van der Waals surface area contributed by atoms with Gasteiger partial charge in [-0.1, -0.05) is 20.8 Å². The lowest BCUT2D eigenvalue weighted by Gasteiger charge is -2.39. The Balaban J connectivity index is 2.31. The molecule has 114 valence electrons. The molecule has 0 spiro atoms. The quantitative estimate of drug-likeness (QED) is 0.683. The third-order valence-electron chi connectivity index (χ3n) is 3.75. The van der Waals surface area contributed by atoms with Crippen LogP contribution in [-0.2, 0) is 4.74 Å². The van der Waals surface area contributed by atoms with E-state index in [-0.39, 0.29) is 0 Å². The fraction of sp³-hybridized carbons (Fsp3) is 1.00. The van der Waals surface area contributed by atoms with Crippen molar-refractivity contribution >= 4 is 0 Å². The highest BCUT2D eigenvalue weighted by molar-refractivity contribution is 4.80. The van der Waals surface area contributed by atoms with Crippen molar-refractivity contribution in [2.45, 2.75) is 33.2 Å². The van der Waals surface area contributed by atoms with Crippen LogP contribution < -0.4 is 5.32 Å². The van der Waals surface area contributed by atoms with E-state index in [0.29, 0.717) is 12.0 Å². The molecule has 1 aliphatic heterocycles. The zero-order valence-corrected chi connectivity index (χ0v) is 13.3. The molecule has 1 rings (SSSR count). The summed E-state index contributed by atoms with van der Waals surface area (Å²) >= 11 is 0. The lowest BCUT2D eigenvalue weighted by atomic mass is 10.2. The Morgan fingerprint density at radius 3 is 2.32 bits per heavy atom. The summed E-state index contributed by atoms with van der Waals surface area (Å²) in [7, 11) is 1.81. The first-order valence-electron chi connectivity index (χ1n) is 7.83. The Hall–Kier alpha value is -0.160. The molecule has 0 saturated carbocycles. The fourth-order valence-electron chi connectivity index (χ4n) is 2.69. The van der Waals surface area contributed by atoms with Crippen LogP contribution in [0.5, 0.6) is 0 Å². The Kier molecular flexibility index (Phi) is 8.62. The highest BCUT2D eigenvalue weighted by atomic mass is 16.5. The highest BCUT2D eigenvalue weighted by Gasteiger charge is 2.23. The van der Waals surface area contributed by atoms with Gasteiger partial charge in [0, 0.05) is 45.9 Å². The summed E-state index contributed by atoms with van der Waals surface area (Å²) in [4.78, 5) is 5.16. The first-order chi connectivity index (χ1) is 9.17. The molecule has 0 aromatic carbocycles. The Labute approximate surface area is 119 Å². The van der Waals surface area contributed by atoms with Crippen LogP contribution in [0.2, 0.25) is 0 Å². The second-order valence-corrected chi connectivity index (χ2v) is 6.04. The van der Waals surface area contributed by atoms with Gasteiger partial charge < -0.3 is 15.0 Å². The van der Waals surface area contributed by atoms with E-state index < -0.39 is 0 Å². The monoisotopic (exact) mass is 271 g/mol. The minimum atomic E-state index is 0.521. The van der Waals surface area contributed by atoms with Gasteiger partial charge in [0.2, 0.25) is 0 Å². The SMILES string of the molecule is CCCN1CCN(C(CNCC(C)C)COC)CC1. The van der Waals surface area contributed by atoms with Gasteiger partial charge in [0.1, 0.15) is 0 Å². The molecule has 1 atom stereocenters. The van der Waals surface area contributed by atoms with Crippen LogP contribution >= 0.6 is 0 Å². The lowest BCUT2D eigenvalue weighted by Crippen LogP contribution is -2.54. The molecule has 1 saturated heterocycles. The maximum absolute atomic E-state index is 5.39. The molecule has 1 heterocycles. The Bertz CT molecular complexity index is 215. The van der Waals surface area contributed by atoms with E-state index in [0.717, 1.165) is 19.7 Å². The number of piperazine rings is 1. The molecule has 0 radical (unpaired) electrons. The summed E-state index contributed by atoms with van der Waals surface area (Å²) in [5.74, 6) is 0.713. The average Bonchev–Trinajstić information content (AvgIpc) is 2.39. The second kappa shape index (κ2) is 9.70. The molecule has 4 nitrogen and oxygen atoms in total. The molecule has 0 amide bonds. The van der Waals surface area contributed by atoms with Crippen molar-refractivity contribution in [3.63, 3.8) is 0 Å². The summed E-state index contributed by atoms with van der Waals surface area (Å²) in [6.45, 7) is 15.7. The van der Waals surface area contributed by atoms with E-state index in [9.17, 15) is 0 Å². The van der Waals surface area contributed by atoms with Gasteiger partial charge in [0.05, 0.1) is 6.61 Å². The van der Waals surface area contributed by atoms with E-state index in [4.69, 9.17) is 4.74 Å². The van der Waals surface area contributed by atoms with Gasteiger partial charge in [0.25, 0.3) is 0 Å². The number of nitrogens with zero attached hydrogens (tertiary/aromatic N) is 2. The molecule has 0 aliphatic carbocycles. The van der Waals surface area contributed by atoms with Crippen molar-refractivity contribution in [2.75, 3.05) is 59.5 Å². The second-order valence-electron chi connectivity index (χ2n) is 6.04. The normalized spacial score (nSPS) is 20.1.